The minimum Gasteiger partial charge on any atom is -0.496 e. The standard InChI is InChI=1S/C30H37N5O4/c1-7-17-39-23-11-9-21(10-12-23)30(37)24-13-14-31-28(32-24)19-22-18-25(33-29(36)8-2)26(20-27(22)38-6)35(5)16-15-34(3)4/h8-14,18,20H,2,7,15-17,19H2,1,3-6H3,(H,33,36). The van der Waals surface area contributed by atoms with E-state index in [0.717, 1.165) is 36.5 Å². The van der Waals surface area contributed by atoms with Gasteiger partial charge >= 0.3 is 0 Å². The van der Waals surface area contributed by atoms with E-state index in [0.29, 0.717) is 41.5 Å². The third kappa shape index (κ3) is 8.12. The second kappa shape index (κ2) is 14.1. The minimum atomic E-state index is -0.316. The number of amides is 1. The van der Waals surface area contributed by atoms with E-state index in [4.69, 9.17) is 9.47 Å². The lowest BCUT2D eigenvalue weighted by Crippen LogP contribution is -2.29. The van der Waals surface area contributed by atoms with Crippen molar-refractivity contribution >= 4 is 23.1 Å². The fourth-order valence-electron chi connectivity index (χ4n) is 3.86. The first-order valence-electron chi connectivity index (χ1n) is 12.8. The molecule has 1 heterocycles. The molecule has 1 amide bonds. The SMILES string of the molecule is C=CC(=O)Nc1cc(Cc2nccc(C(=O)c3ccc(OCCC)cc3)n2)c(OC)cc1N(C)CCN(C)C. The molecule has 0 radical (unpaired) electrons. The van der Waals surface area contributed by atoms with E-state index in [1.807, 2.05) is 40.2 Å². The number of anilines is 2. The molecule has 0 bridgehead atoms. The Morgan fingerprint density at radius 3 is 2.46 bits per heavy atom. The second-order valence-electron chi connectivity index (χ2n) is 9.34. The number of nitrogens with one attached hydrogen (secondary N) is 1. The number of nitrogens with zero attached hydrogens (tertiary/aromatic N) is 4. The summed E-state index contributed by atoms with van der Waals surface area (Å²) < 4.78 is 11.3. The van der Waals surface area contributed by atoms with Crippen molar-refractivity contribution in [1.29, 1.82) is 0 Å². The molecular weight excluding hydrogens is 494 g/mol. The van der Waals surface area contributed by atoms with E-state index in [-0.39, 0.29) is 11.7 Å². The van der Waals surface area contributed by atoms with Gasteiger partial charge in [0, 0.05) is 49.9 Å². The van der Waals surface area contributed by atoms with Crippen LogP contribution in [-0.2, 0) is 11.2 Å². The monoisotopic (exact) mass is 531 g/mol. The van der Waals surface area contributed by atoms with Crippen LogP contribution >= 0.6 is 0 Å². The number of ether oxygens (including phenoxy) is 2. The van der Waals surface area contributed by atoms with Gasteiger partial charge in [0.2, 0.25) is 11.7 Å². The number of carbonyl (C=O) groups excluding carboxylic acids is 2. The van der Waals surface area contributed by atoms with Gasteiger partial charge in [-0.15, -0.1) is 0 Å². The Morgan fingerprint density at radius 1 is 1.08 bits per heavy atom. The predicted molar refractivity (Wildman–Crippen MR) is 154 cm³/mol. The van der Waals surface area contributed by atoms with Gasteiger partial charge in [0.1, 0.15) is 23.0 Å². The Bertz CT molecular complexity index is 1290. The highest BCUT2D eigenvalue weighted by atomic mass is 16.5. The molecule has 9 nitrogen and oxygen atoms in total. The average molecular weight is 532 g/mol. The van der Waals surface area contributed by atoms with Gasteiger partial charge < -0.3 is 24.6 Å². The van der Waals surface area contributed by atoms with Crippen LogP contribution in [0.15, 0.2) is 61.3 Å². The third-order valence-electron chi connectivity index (χ3n) is 6.01. The summed E-state index contributed by atoms with van der Waals surface area (Å²) in [4.78, 5) is 38.4. The van der Waals surface area contributed by atoms with Crippen molar-refractivity contribution < 1.29 is 19.1 Å². The normalized spacial score (nSPS) is 10.7. The summed E-state index contributed by atoms with van der Waals surface area (Å²) >= 11 is 0. The van der Waals surface area contributed by atoms with Gasteiger partial charge in [-0.25, -0.2) is 9.97 Å². The average Bonchev–Trinajstić information content (AvgIpc) is 2.94. The summed E-state index contributed by atoms with van der Waals surface area (Å²) in [6.45, 7) is 7.80. The highest BCUT2D eigenvalue weighted by Gasteiger charge is 2.18. The van der Waals surface area contributed by atoms with Crippen molar-refractivity contribution in [2.45, 2.75) is 19.8 Å². The van der Waals surface area contributed by atoms with Crippen LogP contribution in [0.1, 0.15) is 40.8 Å². The van der Waals surface area contributed by atoms with Crippen molar-refractivity contribution in [2.24, 2.45) is 0 Å². The van der Waals surface area contributed by atoms with Crippen LogP contribution in [-0.4, -0.2) is 74.5 Å². The summed E-state index contributed by atoms with van der Waals surface area (Å²) in [7, 11) is 7.57. The number of hydrogen-bond acceptors (Lipinski definition) is 8. The number of ketones is 1. The molecule has 1 N–H and O–H groups in total. The van der Waals surface area contributed by atoms with Crippen molar-refractivity contribution in [3.63, 3.8) is 0 Å². The molecule has 206 valence electrons. The second-order valence-corrected chi connectivity index (χ2v) is 9.34. The van der Waals surface area contributed by atoms with E-state index < -0.39 is 0 Å². The van der Waals surface area contributed by atoms with E-state index in [2.05, 4.69) is 31.7 Å². The first-order chi connectivity index (χ1) is 18.7. The molecule has 0 aliphatic rings. The first kappa shape index (κ1) is 29.3. The molecule has 9 heteroatoms. The lowest BCUT2D eigenvalue weighted by atomic mass is 10.1. The molecule has 2 aromatic carbocycles. The van der Waals surface area contributed by atoms with Crippen LogP contribution in [0.4, 0.5) is 11.4 Å². The van der Waals surface area contributed by atoms with Crippen LogP contribution in [0, 0.1) is 0 Å². The zero-order chi connectivity index (χ0) is 28.4. The van der Waals surface area contributed by atoms with E-state index in [9.17, 15) is 9.59 Å². The van der Waals surface area contributed by atoms with Crippen molar-refractivity contribution in [3.8, 4) is 11.5 Å². The number of methoxy groups -OCH3 is 1. The van der Waals surface area contributed by atoms with Gasteiger partial charge in [-0.05, 0) is 63.0 Å². The van der Waals surface area contributed by atoms with Crippen LogP contribution in [0.3, 0.4) is 0 Å². The summed E-state index contributed by atoms with van der Waals surface area (Å²) in [6, 6.07) is 12.4. The lowest BCUT2D eigenvalue weighted by molar-refractivity contribution is -0.111. The molecule has 3 aromatic rings. The maximum absolute atomic E-state index is 13.1. The Kier molecular flexibility index (Phi) is 10.6. The molecular formula is C30H37N5O4. The van der Waals surface area contributed by atoms with E-state index >= 15 is 0 Å². The van der Waals surface area contributed by atoms with Gasteiger partial charge in [-0.3, -0.25) is 9.59 Å². The number of hydrogen-bond donors (Lipinski definition) is 1. The van der Waals surface area contributed by atoms with Crippen molar-refractivity contribution in [3.05, 3.63) is 84.0 Å². The Balaban J connectivity index is 1.89. The molecule has 0 atom stereocenters. The Labute approximate surface area is 230 Å². The number of rotatable bonds is 14. The fourth-order valence-corrected chi connectivity index (χ4v) is 3.86. The maximum atomic E-state index is 13.1. The lowest BCUT2D eigenvalue weighted by Gasteiger charge is -2.25. The molecule has 0 spiro atoms. The quantitative estimate of drug-likeness (QED) is 0.244. The number of aromatic nitrogens is 2. The Hall–Kier alpha value is -4.24. The molecule has 0 saturated heterocycles. The largest absolute Gasteiger partial charge is 0.496 e. The number of benzene rings is 2. The molecule has 3 rings (SSSR count). The smallest absolute Gasteiger partial charge is 0.247 e. The summed E-state index contributed by atoms with van der Waals surface area (Å²) in [5, 5.41) is 2.90. The predicted octanol–water partition coefficient (Wildman–Crippen LogP) is 4.22. The molecule has 0 unspecified atom stereocenters. The fraction of sp³-hybridized carbons (Fsp3) is 0.333. The van der Waals surface area contributed by atoms with Gasteiger partial charge in [-0.1, -0.05) is 13.5 Å². The summed E-state index contributed by atoms with van der Waals surface area (Å²) in [5.41, 5.74) is 3.00. The molecule has 0 aliphatic heterocycles. The highest BCUT2D eigenvalue weighted by Crippen LogP contribution is 2.34. The topological polar surface area (TPSA) is 96.9 Å². The van der Waals surface area contributed by atoms with Crippen LogP contribution in [0.2, 0.25) is 0 Å². The van der Waals surface area contributed by atoms with Crippen molar-refractivity contribution in [1.82, 2.24) is 14.9 Å². The molecule has 1 aromatic heterocycles. The van der Waals surface area contributed by atoms with Gasteiger partial charge in [0.15, 0.2) is 0 Å². The number of carbonyl (C=O) groups is 2. The minimum absolute atomic E-state index is 0.204. The Morgan fingerprint density at radius 2 is 1.82 bits per heavy atom. The zero-order valence-electron chi connectivity index (χ0n) is 23.4. The number of likely N-dealkylation sites (N-methyl/N-ethyl adjacent to an activating group) is 2. The van der Waals surface area contributed by atoms with E-state index in [1.54, 1.807) is 43.6 Å². The van der Waals surface area contributed by atoms with Crippen molar-refractivity contribution in [2.75, 3.05) is 58.2 Å². The van der Waals surface area contributed by atoms with Gasteiger partial charge in [-0.2, -0.15) is 0 Å². The summed E-state index contributed by atoms with van der Waals surface area (Å²) in [6.07, 6.45) is 4.01. The maximum Gasteiger partial charge on any atom is 0.247 e. The highest BCUT2D eigenvalue weighted by molar-refractivity contribution is 6.07. The van der Waals surface area contributed by atoms with Gasteiger partial charge in [0.25, 0.3) is 0 Å². The van der Waals surface area contributed by atoms with Crippen LogP contribution in [0.5, 0.6) is 11.5 Å². The third-order valence-corrected chi connectivity index (χ3v) is 6.01. The van der Waals surface area contributed by atoms with Gasteiger partial charge in [0.05, 0.1) is 25.1 Å². The van der Waals surface area contributed by atoms with Crippen LogP contribution < -0.4 is 19.7 Å². The molecule has 0 saturated carbocycles. The molecule has 39 heavy (non-hydrogen) atoms. The van der Waals surface area contributed by atoms with Crippen LogP contribution in [0.25, 0.3) is 0 Å². The molecule has 0 fully saturated rings. The summed E-state index contributed by atoms with van der Waals surface area (Å²) in [5.74, 6) is 1.28. The first-order valence-corrected chi connectivity index (χ1v) is 12.8. The zero-order valence-corrected chi connectivity index (χ0v) is 23.4. The molecule has 0 aliphatic carbocycles. The van der Waals surface area contributed by atoms with E-state index in [1.165, 1.54) is 6.08 Å².